The molecule has 0 unspecified atom stereocenters. The maximum absolute atomic E-state index is 13.8. The number of carbonyl (C=O) groups excluding carboxylic acids is 2. The molecule has 0 radical (unpaired) electrons. The Kier molecular flexibility index (Phi) is 9.50. The fourth-order valence-corrected chi connectivity index (χ4v) is 5.43. The molecule has 0 fully saturated rings. The van der Waals surface area contributed by atoms with E-state index in [2.05, 4.69) is 5.32 Å². The third-order valence-corrected chi connectivity index (χ3v) is 7.94. The molecule has 0 aliphatic carbocycles. The van der Waals surface area contributed by atoms with Crippen molar-refractivity contribution < 1.29 is 22.4 Å². The van der Waals surface area contributed by atoms with Crippen LogP contribution >= 0.6 is 0 Å². The normalized spacial score (nSPS) is 12.5. The van der Waals surface area contributed by atoms with Crippen molar-refractivity contribution in [1.29, 1.82) is 0 Å². The van der Waals surface area contributed by atoms with E-state index in [1.165, 1.54) is 29.2 Å². The van der Waals surface area contributed by atoms with E-state index in [0.29, 0.717) is 6.42 Å². The van der Waals surface area contributed by atoms with Gasteiger partial charge >= 0.3 is 0 Å². The van der Waals surface area contributed by atoms with Gasteiger partial charge in [-0.05, 0) is 83.0 Å². The number of nitrogens with zero attached hydrogens (tertiary/aromatic N) is 2. The van der Waals surface area contributed by atoms with Gasteiger partial charge in [-0.2, -0.15) is 0 Å². The lowest BCUT2D eigenvalue weighted by molar-refractivity contribution is -0.139. The Balaban J connectivity index is 1.98. The van der Waals surface area contributed by atoms with Crippen molar-refractivity contribution in [1.82, 2.24) is 10.2 Å². The highest BCUT2D eigenvalue weighted by molar-refractivity contribution is 7.92. The zero-order valence-electron chi connectivity index (χ0n) is 23.0. The lowest BCUT2D eigenvalue weighted by atomic mass is 10.1. The SMILES string of the molecule is Cc1ccc(S(=O)(=O)N(CC(=O)N(CCc2ccccc2)[C@H](C)C(=O)NC(C)(C)C)c2ccc(F)cc2)cc1. The molecule has 3 aromatic carbocycles. The van der Waals surface area contributed by atoms with Crippen LogP contribution in [0, 0.1) is 12.7 Å². The molecule has 0 aliphatic rings. The van der Waals surface area contributed by atoms with Gasteiger partial charge in [-0.15, -0.1) is 0 Å². The number of benzene rings is 3. The summed E-state index contributed by atoms with van der Waals surface area (Å²) in [5, 5.41) is 2.90. The molecule has 39 heavy (non-hydrogen) atoms. The second kappa shape index (κ2) is 12.4. The van der Waals surface area contributed by atoms with Gasteiger partial charge in [-0.25, -0.2) is 12.8 Å². The van der Waals surface area contributed by atoms with Crippen LogP contribution in [0.15, 0.2) is 83.8 Å². The number of hydrogen-bond donors (Lipinski definition) is 1. The predicted octanol–water partition coefficient (Wildman–Crippen LogP) is 4.70. The van der Waals surface area contributed by atoms with Crippen LogP contribution in [0.2, 0.25) is 0 Å². The summed E-state index contributed by atoms with van der Waals surface area (Å²) in [6.07, 6.45) is 0.473. The number of hydrogen-bond acceptors (Lipinski definition) is 4. The highest BCUT2D eigenvalue weighted by Crippen LogP contribution is 2.25. The maximum atomic E-state index is 13.8. The topological polar surface area (TPSA) is 86.8 Å². The van der Waals surface area contributed by atoms with Crippen LogP contribution in [0.3, 0.4) is 0 Å². The summed E-state index contributed by atoms with van der Waals surface area (Å²) in [4.78, 5) is 28.3. The predicted molar refractivity (Wildman–Crippen MR) is 151 cm³/mol. The molecule has 0 heterocycles. The summed E-state index contributed by atoms with van der Waals surface area (Å²) in [5.41, 5.74) is 1.47. The summed E-state index contributed by atoms with van der Waals surface area (Å²) >= 11 is 0. The minimum absolute atomic E-state index is 0.000385. The molecule has 0 saturated carbocycles. The smallest absolute Gasteiger partial charge is 0.264 e. The third-order valence-electron chi connectivity index (χ3n) is 6.15. The van der Waals surface area contributed by atoms with Crippen molar-refractivity contribution >= 4 is 27.5 Å². The second-order valence-corrected chi connectivity index (χ2v) is 12.4. The molecule has 3 rings (SSSR count). The van der Waals surface area contributed by atoms with Crippen molar-refractivity contribution in [2.24, 2.45) is 0 Å². The van der Waals surface area contributed by atoms with Crippen LogP contribution < -0.4 is 9.62 Å². The number of halogens is 1. The van der Waals surface area contributed by atoms with Crippen molar-refractivity contribution in [2.75, 3.05) is 17.4 Å². The summed E-state index contributed by atoms with van der Waals surface area (Å²) < 4.78 is 42.2. The number of anilines is 1. The van der Waals surface area contributed by atoms with E-state index < -0.39 is 39.9 Å². The number of amides is 2. The first-order chi connectivity index (χ1) is 18.3. The minimum atomic E-state index is -4.19. The Labute approximate surface area is 230 Å². The molecule has 0 bridgehead atoms. The lowest BCUT2D eigenvalue weighted by Crippen LogP contribution is -2.55. The van der Waals surface area contributed by atoms with E-state index in [4.69, 9.17) is 0 Å². The van der Waals surface area contributed by atoms with Crippen molar-refractivity contribution in [2.45, 2.75) is 57.5 Å². The van der Waals surface area contributed by atoms with E-state index in [9.17, 15) is 22.4 Å². The highest BCUT2D eigenvalue weighted by atomic mass is 32.2. The first-order valence-electron chi connectivity index (χ1n) is 12.8. The van der Waals surface area contributed by atoms with Crippen LogP contribution in [-0.4, -0.2) is 49.8 Å². The summed E-state index contributed by atoms with van der Waals surface area (Å²) in [6, 6.07) is 19.9. The fraction of sp³-hybridized carbons (Fsp3) is 0.333. The van der Waals surface area contributed by atoms with E-state index in [-0.39, 0.29) is 23.0 Å². The van der Waals surface area contributed by atoms with Crippen LogP contribution in [0.25, 0.3) is 0 Å². The molecule has 0 aromatic heterocycles. The average Bonchev–Trinajstić information content (AvgIpc) is 2.87. The quantitative estimate of drug-likeness (QED) is 0.394. The number of sulfonamides is 1. The summed E-state index contributed by atoms with van der Waals surface area (Å²) in [6.45, 7) is 8.63. The molecule has 0 aliphatic heterocycles. The molecule has 0 saturated heterocycles. The first kappa shape index (κ1) is 29.8. The second-order valence-electron chi connectivity index (χ2n) is 10.5. The van der Waals surface area contributed by atoms with Crippen molar-refractivity contribution in [3.63, 3.8) is 0 Å². The van der Waals surface area contributed by atoms with Gasteiger partial charge in [0.15, 0.2) is 0 Å². The Hall–Kier alpha value is -3.72. The molecule has 1 atom stereocenters. The molecule has 3 aromatic rings. The number of nitrogens with one attached hydrogen (secondary N) is 1. The Morgan fingerprint density at radius 1 is 0.923 bits per heavy atom. The third kappa shape index (κ3) is 8.13. The molecular weight excluding hydrogens is 517 g/mol. The van der Waals surface area contributed by atoms with Crippen molar-refractivity contribution in [3.05, 3.63) is 95.8 Å². The van der Waals surface area contributed by atoms with E-state index in [1.807, 2.05) is 58.0 Å². The fourth-order valence-electron chi connectivity index (χ4n) is 4.02. The zero-order chi connectivity index (χ0) is 28.8. The van der Waals surface area contributed by atoms with Gasteiger partial charge in [0.25, 0.3) is 10.0 Å². The minimum Gasteiger partial charge on any atom is -0.350 e. The van der Waals surface area contributed by atoms with Gasteiger partial charge in [0.05, 0.1) is 10.6 Å². The number of aryl methyl sites for hydroxylation is 1. The van der Waals surface area contributed by atoms with Crippen LogP contribution in [0.4, 0.5) is 10.1 Å². The van der Waals surface area contributed by atoms with Gasteiger partial charge in [0.2, 0.25) is 11.8 Å². The van der Waals surface area contributed by atoms with Crippen LogP contribution in [0.5, 0.6) is 0 Å². The maximum Gasteiger partial charge on any atom is 0.264 e. The van der Waals surface area contributed by atoms with Crippen LogP contribution in [-0.2, 0) is 26.0 Å². The van der Waals surface area contributed by atoms with Crippen LogP contribution in [0.1, 0.15) is 38.8 Å². The Bertz CT molecular complexity index is 1370. The first-order valence-corrected chi connectivity index (χ1v) is 14.2. The number of rotatable bonds is 10. The summed E-state index contributed by atoms with van der Waals surface area (Å²) in [7, 11) is -4.19. The molecule has 1 N–H and O–H groups in total. The van der Waals surface area contributed by atoms with Gasteiger partial charge in [0.1, 0.15) is 18.4 Å². The molecule has 7 nitrogen and oxygen atoms in total. The molecule has 0 spiro atoms. The molecular formula is C30H36FN3O4S. The lowest BCUT2D eigenvalue weighted by Gasteiger charge is -2.33. The zero-order valence-corrected chi connectivity index (χ0v) is 23.8. The Morgan fingerprint density at radius 3 is 2.08 bits per heavy atom. The van der Waals surface area contributed by atoms with E-state index >= 15 is 0 Å². The van der Waals surface area contributed by atoms with Gasteiger partial charge in [0, 0.05) is 12.1 Å². The van der Waals surface area contributed by atoms with Gasteiger partial charge in [-0.1, -0.05) is 48.0 Å². The highest BCUT2D eigenvalue weighted by Gasteiger charge is 2.33. The summed E-state index contributed by atoms with van der Waals surface area (Å²) in [5.74, 6) is -1.43. The molecule has 9 heteroatoms. The van der Waals surface area contributed by atoms with Gasteiger partial charge < -0.3 is 10.2 Å². The standard InChI is InChI=1S/C30H36FN3O4S/c1-22-11-17-27(18-12-22)39(37,38)34(26-15-13-25(31)14-16-26)21-28(35)33(20-19-24-9-7-6-8-10-24)23(2)29(36)32-30(3,4)5/h6-18,23H,19-21H2,1-5H3,(H,32,36)/t23-/m1/s1. The largest absolute Gasteiger partial charge is 0.350 e. The van der Waals surface area contributed by atoms with E-state index in [1.54, 1.807) is 19.1 Å². The van der Waals surface area contributed by atoms with E-state index in [0.717, 1.165) is 27.6 Å². The monoisotopic (exact) mass is 553 g/mol. The average molecular weight is 554 g/mol. The Morgan fingerprint density at radius 2 is 1.51 bits per heavy atom. The number of carbonyl (C=O) groups is 2. The molecule has 208 valence electrons. The van der Waals surface area contributed by atoms with Crippen molar-refractivity contribution in [3.8, 4) is 0 Å². The molecule has 2 amide bonds. The van der Waals surface area contributed by atoms with Gasteiger partial charge in [-0.3, -0.25) is 13.9 Å².